The zero-order chi connectivity index (χ0) is 12.5. The molecule has 3 heteroatoms. The van der Waals surface area contributed by atoms with E-state index in [9.17, 15) is 0 Å². The van der Waals surface area contributed by atoms with Crippen LogP contribution in [-0.4, -0.2) is 30.7 Å². The van der Waals surface area contributed by atoms with Gasteiger partial charge in [0.05, 0.1) is 5.52 Å². The van der Waals surface area contributed by atoms with Crippen molar-refractivity contribution in [1.29, 1.82) is 0 Å². The summed E-state index contributed by atoms with van der Waals surface area (Å²) in [6.07, 6.45) is 0. The summed E-state index contributed by atoms with van der Waals surface area (Å²) in [5.74, 6) is 0. The number of benzene rings is 1. The highest BCUT2D eigenvalue weighted by Crippen LogP contribution is 2.27. The van der Waals surface area contributed by atoms with E-state index in [2.05, 4.69) is 59.4 Å². The van der Waals surface area contributed by atoms with Crippen LogP contribution in [0.25, 0.3) is 10.9 Å². The van der Waals surface area contributed by atoms with Gasteiger partial charge in [-0.3, -0.25) is 4.98 Å². The molecule has 2 aromatic rings. The molecule has 0 radical (unpaired) electrons. The highest BCUT2D eigenvalue weighted by atomic mass is 15.2. The van der Waals surface area contributed by atoms with Gasteiger partial charge in [-0.2, -0.15) is 0 Å². The van der Waals surface area contributed by atoms with Crippen LogP contribution in [0.1, 0.15) is 12.6 Å². The second-order valence-corrected chi connectivity index (χ2v) is 5.10. The third kappa shape index (κ3) is 2.06. The second kappa shape index (κ2) is 4.58. The summed E-state index contributed by atoms with van der Waals surface area (Å²) in [5.41, 5.74) is 3.51. The fourth-order valence-corrected chi connectivity index (χ4v) is 2.70. The normalized spacial score (nSPS) is 20.3. The van der Waals surface area contributed by atoms with E-state index in [0.717, 1.165) is 30.8 Å². The van der Waals surface area contributed by atoms with E-state index in [1.165, 1.54) is 11.1 Å². The smallest absolute Gasteiger partial charge is 0.0726 e. The Balaban J connectivity index is 2.09. The molecule has 1 aromatic heterocycles. The topological polar surface area (TPSA) is 28.2 Å². The van der Waals surface area contributed by atoms with Crippen LogP contribution in [-0.2, 0) is 0 Å². The first-order valence-corrected chi connectivity index (χ1v) is 6.59. The fraction of sp³-hybridized carbons (Fsp3) is 0.400. The lowest BCUT2D eigenvalue weighted by molar-refractivity contribution is 0.485. The van der Waals surface area contributed by atoms with Crippen molar-refractivity contribution in [3.05, 3.63) is 36.0 Å². The molecule has 3 nitrogen and oxygen atoms in total. The Bertz CT molecular complexity index is 565. The predicted octanol–water partition coefficient (Wildman–Crippen LogP) is 2.34. The molecule has 0 bridgehead atoms. The van der Waals surface area contributed by atoms with Gasteiger partial charge < -0.3 is 10.2 Å². The molecule has 0 aliphatic carbocycles. The Morgan fingerprint density at radius 3 is 3.00 bits per heavy atom. The first-order valence-electron chi connectivity index (χ1n) is 6.59. The van der Waals surface area contributed by atoms with E-state index < -0.39 is 0 Å². The van der Waals surface area contributed by atoms with Crippen LogP contribution in [0.4, 0.5) is 5.69 Å². The Labute approximate surface area is 108 Å². The molecule has 1 aromatic carbocycles. The van der Waals surface area contributed by atoms with E-state index in [1.54, 1.807) is 0 Å². The maximum absolute atomic E-state index is 4.61. The van der Waals surface area contributed by atoms with Crippen LogP contribution < -0.4 is 10.2 Å². The van der Waals surface area contributed by atoms with Crippen LogP contribution >= 0.6 is 0 Å². The molecule has 0 amide bonds. The van der Waals surface area contributed by atoms with E-state index in [-0.39, 0.29) is 0 Å². The van der Waals surface area contributed by atoms with Gasteiger partial charge in [0.15, 0.2) is 0 Å². The lowest BCUT2D eigenvalue weighted by atomic mass is 10.1. The number of para-hydroxylation sites is 1. The van der Waals surface area contributed by atoms with Gasteiger partial charge in [0.2, 0.25) is 0 Å². The van der Waals surface area contributed by atoms with Gasteiger partial charge >= 0.3 is 0 Å². The van der Waals surface area contributed by atoms with Crippen molar-refractivity contribution in [2.75, 3.05) is 24.5 Å². The van der Waals surface area contributed by atoms with Crippen molar-refractivity contribution in [1.82, 2.24) is 10.3 Å². The summed E-state index contributed by atoms with van der Waals surface area (Å²) in [4.78, 5) is 7.08. The van der Waals surface area contributed by atoms with Crippen LogP contribution in [0.15, 0.2) is 30.3 Å². The highest BCUT2D eigenvalue weighted by Gasteiger charge is 2.18. The van der Waals surface area contributed by atoms with Gasteiger partial charge in [0.1, 0.15) is 0 Å². The lowest BCUT2D eigenvalue weighted by Crippen LogP contribution is -2.49. The Morgan fingerprint density at radius 1 is 1.33 bits per heavy atom. The first kappa shape index (κ1) is 11.5. The largest absolute Gasteiger partial charge is 0.368 e. The van der Waals surface area contributed by atoms with Gasteiger partial charge in [0, 0.05) is 42.4 Å². The molecular formula is C15H19N3. The van der Waals surface area contributed by atoms with Crippen LogP contribution in [0, 0.1) is 6.92 Å². The molecule has 1 N–H and O–H groups in total. The molecule has 1 atom stereocenters. The zero-order valence-corrected chi connectivity index (χ0v) is 11.0. The zero-order valence-electron chi connectivity index (χ0n) is 11.0. The molecule has 94 valence electrons. The summed E-state index contributed by atoms with van der Waals surface area (Å²) in [6, 6.07) is 11.2. The number of hydrogen-bond donors (Lipinski definition) is 1. The number of anilines is 1. The monoisotopic (exact) mass is 241 g/mol. The van der Waals surface area contributed by atoms with Crippen molar-refractivity contribution >= 4 is 16.6 Å². The molecule has 1 fully saturated rings. The van der Waals surface area contributed by atoms with E-state index in [0.29, 0.717) is 6.04 Å². The number of nitrogens with zero attached hydrogens (tertiary/aromatic N) is 2. The summed E-state index contributed by atoms with van der Waals surface area (Å²) in [7, 11) is 0. The number of nitrogens with one attached hydrogen (secondary N) is 1. The molecule has 0 unspecified atom stereocenters. The number of fused-ring (bicyclic) bond motifs is 1. The predicted molar refractivity (Wildman–Crippen MR) is 76.2 cm³/mol. The van der Waals surface area contributed by atoms with Crippen molar-refractivity contribution in [3.63, 3.8) is 0 Å². The minimum Gasteiger partial charge on any atom is -0.368 e. The Morgan fingerprint density at radius 2 is 2.17 bits per heavy atom. The fourth-order valence-electron chi connectivity index (χ4n) is 2.70. The van der Waals surface area contributed by atoms with Crippen LogP contribution in [0.2, 0.25) is 0 Å². The quantitative estimate of drug-likeness (QED) is 0.830. The number of aryl methyl sites for hydroxylation is 1. The van der Waals surface area contributed by atoms with Crippen molar-refractivity contribution in [2.24, 2.45) is 0 Å². The molecule has 2 heterocycles. The third-order valence-electron chi connectivity index (χ3n) is 3.53. The molecule has 0 spiro atoms. The SMILES string of the molecule is Cc1cc(N2CCN[C@@H](C)C2)c2ccccc2n1. The van der Waals surface area contributed by atoms with Crippen molar-refractivity contribution < 1.29 is 0 Å². The summed E-state index contributed by atoms with van der Waals surface area (Å²) < 4.78 is 0. The molecule has 1 aliphatic rings. The minimum absolute atomic E-state index is 0.547. The Kier molecular flexibility index (Phi) is 2.92. The van der Waals surface area contributed by atoms with Crippen molar-refractivity contribution in [2.45, 2.75) is 19.9 Å². The first-order chi connectivity index (χ1) is 8.74. The summed E-state index contributed by atoms with van der Waals surface area (Å²) in [5, 5.41) is 4.75. The van der Waals surface area contributed by atoms with E-state index in [1.807, 2.05) is 0 Å². The molecule has 1 aliphatic heterocycles. The summed E-state index contributed by atoms with van der Waals surface area (Å²) in [6.45, 7) is 7.49. The lowest BCUT2D eigenvalue weighted by Gasteiger charge is -2.34. The van der Waals surface area contributed by atoms with Gasteiger partial charge in [-0.1, -0.05) is 18.2 Å². The number of piperazine rings is 1. The molecule has 3 rings (SSSR count). The number of pyridine rings is 1. The second-order valence-electron chi connectivity index (χ2n) is 5.10. The van der Waals surface area contributed by atoms with Gasteiger partial charge in [-0.05, 0) is 26.0 Å². The molecule has 1 saturated heterocycles. The van der Waals surface area contributed by atoms with Crippen molar-refractivity contribution in [3.8, 4) is 0 Å². The molecular weight excluding hydrogens is 222 g/mol. The average Bonchev–Trinajstić information content (AvgIpc) is 2.37. The van der Waals surface area contributed by atoms with Gasteiger partial charge in [0.25, 0.3) is 0 Å². The van der Waals surface area contributed by atoms with E-state index >= 15 is 0 Å². The maximum atomic E-state index is 4.61. The molecule has 18 heavy (non-hydrogen) atoms. The number of aromatic nitrogens is 1. The standard InChI is InChI=1S/C15H19N3/c1-11-9-15(18-8-7-16-12(2)10-18)13-5-3-4-6-14(13)17-11/h3-6,9,12,16H,7-8,10H2,1-2H3/t12-/m0/s1. The van der Waals surface area contributed by atoms with E-state index in [4.69, 9.17) is 0 Å². The number of rotatable bonds is 1. The average molecular weight is 241 g/mol. The molecule has 0 saturated carbocycles. The number of hydrogen-bond acceptors (Lipinski definition) is 3. The van der Waals surface area contributed by atoms with Gasteiger partial charge in [-0.25, -0.2) is 0 Å². The van der Waals surface area contributed by atoms with Gasteiger partial charge in [-0.15, -0.1) is 0 Å². The highest BCUT2D eigenvalue weighted by molar-refractivity contribution is 5.92. The maximum Gasteiger partial charge on any atom is 0.0726 e. The van der Waals surface area contributed by atoms with Crippen LogP contribution in [0.5, 0.6) is 0 Å². The van der Waals surface area contributed by atoms with Crippen LogP contribution in [0.3, 0.4) is 0 Å². The summed E-state index contributed by atoms with van der Waals surface area (Å²) >= 11 is 0. The third-order valence-corrected chi connectivity index (χ3v) is 3.53. The Hall–Kier alpha value is -1.61. The minimum atomic E-state index is 0.547.